The van der Waals surface area contributed by atoms with Gasteiger partial charge in [0.2, 0.25) is 5.76 Å². The van der Waals surface area contributed by atoms with Crippen LogP contribution < -0.4 is 0 Å². The first kappa shape index (κ1) is 15.3. The van der Waals surface area contributed by atoms with E-state index in [0.717, 1.165) is 6.07 Å². The summed E-state index contributed by atoms with van der Waals surface area (Å²) in [6, 6.07) is 7.09. The SMILES string of the molecule is CC(C)(C)C(=O)c1ccc(-c2cc(C(F)(F)F)on2)cc1. The Kier molecular flexibility index (Phi) is 3.65. The molecule has 0 radical (unpaired) electrons. The van der Waals surface area contributed by atoms with E-state index < -0.39 is 17.4 Å². The van der Waals surface area contributed by atoms with E-state index in [-0.39, 0.29) is 11.5 Å². The highest BCUT2D eigenvalue weighted by atomic mass is 19.4. The fourth-order valence-corrected chi connectivity index (χ4v) is 1.77. The van der Waals surface area contributed by atoms with Crippen LogP contribution in [0.1, 0.15) is 36.9 Å². The molecule has 1 heterocycles. The van der Waals surface area contributed by atoms with Gasteiger partial charge in [0.25, 0.3) is 0 Å². The van der Waals surface area contributed by atoms with Crippen LogP contribution in [-0.4, -0.2) is 10.9 Å². The summed E-state index contributed by atoms with van der Waals surface area (Å²) < 4.78 is 41.6. The van der Waals surface area contributed by atoms with Gasteiger partial charge in [0.1, 0.15) is 5.69 Å². The van der Waals surface area contributed by atoms with Crippen LogP contribution in [0.15, 0.2) is 34.9 Å². The summed E-state index contributed by atoms with van der Waals surface area (Å²) in [6.45, 7) is 5.41. The Morgan fingerprint density at radius 3 is 2.10 bits per heavy atom. The van der Waals surface area contributed by atoms with Gasteiger partial charge < -0.3 is 4.52 Å². The molecular formula is C15H14F3NO2. The monoisotopic (exact) mass is 297 g/mol. The smallest absolute Gasteiger partial charge is 0.351 e. The molecule has 1 aromatic heterocycles. The number of hydrogen-bond donors (Lipinski definition) is 0. The van der Waals surface area contributed by atoms with Crippen molar-refractivity contribution in [2.24, 2.45) is 5.41 Å². The van der Waals surface area contributed by atoms with E-state index in [1.165, 1.54) is 0 Å². The second kappa shape index (κ2) is 5.02. The highest BCUT2D eigenvalue weighted by Crippen LogP contribution is 2.32. The Balaban J connectivity index is 2.28. The zero-order chi connectivity index (χ0) is 15.8. The van der Waals surface area contributed by atoms with Crippen molar-refractivity contribution in [3.8, 4) is 11.3 Å². The van der Waals surface area contributed by atoms with E-state index in [1.807, 2.05) is 0 Å². The number of carbonyl (C=O) groups is 1. The van der Waals surface area contributed by atoms with Crippen LogP contribution in [0.2, 0.25) is 0 Å². The zero-order valence-electron chi connectivity index (χ0n) is 11.8. The van der Waals surface area contributed by atoms with Crippen LogP contribution in [0.5, 0.6) is 0 Å². The van der Waals surface area contributed by atoms with Crippen molar-refractivity contribution in [3.05, 3.63) is 41.7 Å². The van der Waals surface area contributed by atoms with Gasteiger partial charge in [-0.25, -0.2) is 0 Å². The lowest BCUT2D eigenvalue weighted by atomic mass is 9.86. The molecule has 3 nitrogen and oxygen atoms in total. The number of benzene rings is 1. The number of carbonyl (C=O) groups excluding carboxylic acids is 1. The topological polar surface area (TPSA) is 43.1 Å². The molecule has 0 unspecified atom stereocenters. The lowest BCUT2D eigenvalue weighted by Crippen LogP contribution is -2.19. The van der Waals surface area contributed by atoms with E-state index in [1.54, 1.807) is 45.0 Å². The number of ketones is 1. The highest BCUT2D eigenvalue weighted by Gasteiger charge is 2.36. The van der Waals surface area contributed by atoms with Gasteiger partial charge in [0, 0.05) is 22.6 Å². The lowest BCUT2D eigenvalue weighted by molar-refractivity contribution is -0.155. The maximum absolute atomic E-state index is 12.4. The average molecular weight is 297 g/mol. The van der Waals surface area contributed by atoms with E-state index >= 15 is 0 Å². The number of hydrogen-bond acceptors (Lipinski definition) is 3. The van der Waals surface area contributed by atoms with Crippen molar-refractivity contribution in [1.82, 2.24) is 5.16 Å². The fraction of sp³-hybridized carbons (Fsp3) is 0.333. The van der Waals surface area contributed by atoms with Gasteiger partial charge in [-0.05, 0) is 0 Å². The number of aromatic nitrogens is 1. The quantitative estimate of drug-likeness (QED) is 0.761. The Bertz CT molecular complexity index is 649. The Morgan fingerprint density at radius 1 is 1.10 bits per heavy atom. The van der Waals surface area contributed by atoms with Crippen LogP contribution in [-0.2, 0) is 6.18 Å². The standard InChI is InChI=1S/C15H14F3NO2/c1-14(2,3)13(20)10-6-4-9(5-7-10)11-8-12(21-19-11)15(16,17)18/h4-8H,1-3H3. The first-order chi connectivity index (χ1) is 9.59. The minimum absolute atomic E-state index is 0.0369. The van der Waals surface area contributed by atoms with Crippen LogP contribution in [0.3, 0.4) is 0 Å². The van der Waals surface area contributed by atoms with Crippen LogP contribution >= 0.6 is 0 Å². The molecule has 0 amide bonds. The fourth-order valence-electron chi connectivity index (χ4n) is 1.77. The largest absolute Gasteiger partial charge is 0.452 e. The van der Waals surface area contributed by atoms with Gasteiger partial charge in [-0.3, -0.25) is 4.79 Å². The molecule has 0 saturated heterocycles. The molecule has 0 atom stereocenters. The summed E-state index contributed by atoms with van der Waals surface area (Å²) in [5.41, 5.74) is 0.529. The Morgan fingerprint density at radius 2 is 1.67 bits per heavy atom. The summed E-state index contributed by atoms with van der Waals surface area (Å²) >= 11 is 0. The second-order valence-electron chi connectivity index (χ2n) is 5.73. The number of nitrogens with zero attached hydrogens (tertiary/aromatic N) is 1. The molecule has 2 aromatic rings. The van der Waals surface area contributed by atoms with Gasteiger partial charge in [-0.1, -0.05) is 50.2 Å². The third-order valence-electron chi connectivity index (χ3n) is 2.91. The number of Topliss-reactive ketones (excluding diaryl/α,β-unsaturated/α-hetero) is 1. The third kappa shape index (κ3) is 3.32. The minimum atomic E-state index is -4.56. The molecule has 0 aliphatic heterocycles. The number of halogens is 3. The molecule has 112 valence electrons. The van der Waals surface area contributed by atoms with Gasteiger partial charge in [-0.2, -0.15) is 13.2 Å². The lowest BCUT2D eigenvalue weighted by Gasteiger charge is -2.16. The predicted molar refractivity (Wildman–Crippen MR) is 70.7 cm³/mol. The van der Waals surface area contributed by atoms with Crippen molar-refractivity contribution in [1.29, 1.82) is 0 Å². The third-order valence-corrected chi connectivity index (χ3v) is 2.91. The number of alkyl halides is 3. The van der Waals surface area contributed by atoms with Gasteiger partial charge in [0.05, 0.1) is 0 Å². The van der Waals surface area contributed by atoms with Crippen molar-refractivity contribution >= 4 is 5.78 Å². The zero-order valence-corrected chi connectivity index (χ0v) is 11.8. The van der Waals surface area contributed by atoms with Crippen molar-refractivity contribution in [3.63, 3.8) is 0 Å². The average Bonchev–Trinajstić information content (AvgIpc) is 2.86. The molecule has 0 bridgehead atoms. The minimum Gasteiger partial charge on any atom is -0.351 e. The van der Waals surface area contributed by atoms with Crippen molar-refractivity contribution in [2.75, 3.05) is 0 Å². The molecule has 0 spiro atoms. The first-order valence-corrected chi connectivity index (χ1v) is 6.28. The molecule has 0 fully saturated rings. The predicted octanol–water partition coefficient (Wildman–Crippen LogP) is 4.59. The summed E-state index contributed by atoms with van der Waals surface area (Å²) in [7, 11) is 0. The van der Waals surface area contributed by atoms with Gasteiger partial charge in [-0.15, -0.1) is 0 Å². The summed E-state index contributed by atoms with van der Waals surface area (Å²) in [6.07, 6.45) is -4.56. The van der Waals surface area contributed by atoms with Crippen LogP contribution in [0, 0.1) is 5.41 Å². The van der Waals surface area contributed by atoms with E-state index in [2.05, 4.69) is 9.68 Å². The Hall–Kier alpha value is -2.11. The maximum Gasteiger partial charge on any atom is 0.452 e. The molecule has 0 saturated carbocycles. The van der Waals surface area contributed by atoms with Gasteiger partial charge >= 0.3 is 6.18 Å². The normalized spacial score (nSPS) is 12.5. The van der Waals surface area contributed by atoms with Crippen LogP contribution in [0.4, 0.5) is 13.2 Å². The van der Waals surface area contributed by atoms with Crippen LogP contribution in [0.25, 0.3) is 11.3 Å². The van der Waals surface area contributed by atoms with Crippen molar-refractivity contribution in [2.45, 2.75) is 26.9 Å². The Labute approximate surface area is 119 Å². The van der Waals surface area contributed by atoms with E-state index in [4.69, 9.17) is 0 Å². The second-order valence-corrected chi connectivity index (χ2v) is 5.73. The molecular weight excluding hydrogens is 283 g/mol. The molecule has 0 N–H and O–H groups in total. The molecule has 0 aliphatic rings. The van der Waals surface area contributed by atoms with Gasteiger partial charge in [0.15, 0.2) is 5.78 Å². The molecule has 21 heavy (non-hydrogen) atoms. The van der Waals surface area contributed by atoms with Crippen molar-refractivity contribution < 1.29 is 22.5 Å². The number of rotatable bonds is 2. The summed E-state index contributed by atoms with van der Waals surface area (Å²) in [5.74, 6) is -1.18. The first-order valence-electron chi connectivity index (χ1n) is 6.28. The molecule has 0 aliphatic carbocycles. The maximum atomic E-state index is 12.4. The van der Waals surface area contributed by atoms with E-state index in [0.29, 0.717) is 11.1 Å². The van der Waals surface area contributed by atoms with E-state index in [9.17, 15) is 18.0 Å². The molecule has 6 heteroatoms. The summed E-state index contributed by atoms with van der Waals surface area (Å²) in [5, 5.41) is 3.40. The summed E-state index contributed by atoms with van der Waals surface area (Å²) in [4.78, 5) is 12.1. The molecule has 1 aromatic carbocycles. The highest BCUT2D eigenvalue weighted by molar-refractivity contribution is 6.00. The molecule has 2 rings (SSSR count).